The van der Waals surface area contributed by atoms with Crippen molar-refractivity contribution in [2.75, 3.05) is 26.2 Å². The van der Waals surface area contributed by atoms with Crippen LogP contribution in [0.15, 0.2) is 12.2 Å². The highest BCUT2D eigenvalue weighted by atomic mass is 16.4. The van der Waals surface area contributed by atoms with E-state index in [0.717, 1.165) is 38.8 Å². The molecule has 0 spiro atoms. The summed E-state index contributed by atoms with van der Waals surface area (Å²) >= 11 is 0. The number of carbonyl (C=O) groups excluding carboxylic acids is 1. The molecule has 1 saturated carbocycles. The summed E-state index contributed by atoms with van der Waals surface area (Å²) < 4.78 is 0. The fraction of sp³-hybridized carbons (Fsp3) is 0.750. The first-order valence-electron chi connectivity index (χ1n) is 8.03. The van der Waals surface area contributed by atoms with E-state index in [0.29, 0.717) is 30.2 Å². The van der Waals surface area contributed by atoms with Crippen molar-refractivity contribution in [3.63, 3.8) is 0 Å². The first kappa shape index (κ1) is 14.6. The third kappa shape index (κ3) is 3.28. The largest absolute Gasteiger partial charge is 0.480 e. The summed E-state index contributed by atoms with van der Waals surface area (Å²) in [6.45, 7) is 2.34. The quantitative estimate of drug-likeness (QED) is 0.745. The number of likely N-dealkylation sites (tertiary alicyclic amines) is 1. The number of nitrogens with one attached hydrogen (secondary N) is 1. The van der Waals surface area contributed by atoms with Crippen molar-refractivity contribution >= 4 is 11.9 Å². The minimum Gasteiger partial charge on any atom is -0.480 e. The Kier molecular flexibility index (Phi) is 4.29. The van der Waals surface area contributed by atoms with Gasteiger partial charge in [-0.15, -0.1) is 0 Å². The maximum atomic E-state index is 12.7. The maximum absolute atomic E-state index is 12.7. The summed E-state index contributed by atoms with van der Waals surface area (Å²) in [5, 5.41) is 11.6. The highest BCUT2D eigenvalue weighted by molar-refractivity contribution is 5.80. The predicted octanol–water partition coefficient (Wildman–Crippen LogP) is 1.11. The fourth-order valence-electron chi connectivity index (χ4n) is 4.11. The zero-order valence-corrected chi connectivity index (χ0v) is 12.3. The van der Waals surface area contributed by atoms with Crippen LogP contribution in [0.25, 0.3) is 0 Å². The number of fused-ring (bicyclic) bond motifs is 2. The van der Waals surface area contributed by atoms with Gasteiger partial charge in [0.2, 0.25) is 5.91 Å². The summed E-state index contributed by atoms with van der Waals surface area (Å²) in [5.41, 5.74) is 0. The number of nitrogens with zero attached hydrogens (tertiary/aromatic N) is 1. The molecule has 1 heterocycles. The minimum atomic E-state index is -0.826. The molecule has 1 amide bonds. The molecule has 0 aromatic heterocycles. The van der Waals surface area contributed by atoms with Crippen LogP contribution in [0.4, 0.5) is 0 Å². The van der Waals surface area contributed by atoms with Gasteiger partial charge in [-0.2, -0.15) is 0 Å². The van der Waals surface area contributed by atoms with E-state index in [1.807, 2.05) is 4.90 Å². The number of hydrogen-bond donors (Lipinski definition) is 2. The summed E-state index contributed by atoms with van der Waals surface area (Å²) in [6, 6.07) is 0. The van der Waals surface area contributed by atoms with E-state index < -0.39 is 5.97 Å². The summed E-state index contributed by atoms with van der Waals surface area (Å²) in [5.74, 6) is 1.18. The van der Waals surface area contributed by atoms with Crippen molar-refractivity contribution in [2.24, 2.45) is 23.7 Å². The lowest BCUT2D eigenvalue weighted by molar-refractivity contribution is -0.139. The van der Waals surface area contributed by atoms with Crippen LogP contribution in [0.1, 0.15) is 25.7 Å². The second kappa shape index (κ2) is 6.18. The maximum Gasteiger partial charge on any atom is 0.317 e. The Hall–Kier alpha value is -1.36. The molecule has 1 saturated heterocycles. The average Bonchev–Trinajstić information content (AvgIpc) is 3.09. The van der Waals surface area contributed by atoms with Crippen LogP contribution in [-0.2, 0) is 9.59 Å². The zero-order valence-electron chi connectivity index (χ0n) is 12.3. The fourth-order valence-corrected chi connectivity index (χ4v) is 4.11. The normalized spacial score (nSPS) is 34.4. The molecule has 2 N–H and O–H groups in total. The van der Waals surface area contributed by atoms with Crippen LogP contribution in [0.2, 0.25) is 0 Å². The number of amides is 1. The summed E-state index contributed by atoms with van der Waals surface area (Å²) in [6.07, 6.45) is 8.79. The van der Waals surface area contributed by atoms with Crippen LogP contribution in [0, 0.1) is 23.7 Å². The zero-order chi connectivity index (χ0) is 14.8. The minimum absolute atomic E-state index is 0.00161. The molecule has 2 bridgehead atoms. The van der Waals surface area contributed by atoms with Crippen molar-refractivity contribution in [1.29, 1.82) is 0 Å². The van der Waals surface area contributed by atoms with Crippen LogP contribution in [0.3, 0.4) is 0 Å². The number of piperidine rings is 1. The standard InChI is InChI=1S/C16H24N2O3/c19-15(20)9-17-8-12-2-1-5-18(10-12)16(21)14-7-11-3-4-13(14)6-11/h3-4,11-14,17H,1-2,5-10H2,(H,19,20). The molecular weight excluding hydrogens is 268 g/mol. The first-order chi connectivity index (χ1) is 10.1. The Morgan fingerprint density at radius 2 is 2.14 bits per heavy atom. The average molecular weight is 292 g/mol. The van der Waals surface area contributed by atoms with E-state index in [4.69, 9.17) is 5.11 Å². The van der Waals surface area contributed by atoms with Crippen molar-refractivity contribution < 1.29 is 14.7 Å². The molecule has 4 unspecified atom stereocenters. The van der Waals surface area contributed by atoms with Gasteiger partial charge in [-0.1, -0.05) is 12.2 Å². The van der Waals surface area contributed by atoms with E-state index in [1.165, 1.54) is 0 Å². The van der Waals surface area contributed by atoms with Crippen LogP contribution >= 0.6 is 0 Å². The van der Waals surface area contributed by atoms with Gasteiger partial charge in [0, 0.05) is 25.6 Å². The van der Waals surface area contributed by atoms with E-state index in [1.54, 1.807) is 0 Å². The molecule has 116 valence electrons. The van der Waals surface area contributed by atoms with Gasteiger partial charge >= 0.3 is 5.97 Å². The third-order valence-electron chi connectivity index (χ3n) is 5.14. The molecule has 2 aliphatic carbocycles. The van der Waals surface area contributed by atoms with Gasteiger partial charge in [-0.25, -0.2) is 0 Å². The van der Waals surface area contributed by atoms with Crippen LogP contribution in [-0.4, -0.2) is 48.1 Å². The van der Waals surface area contributed by atoms with Gasteiger partial charge in [-0.3, -0.25) is 9.59 Å². The number of hydrogen-bond acceptors (Lipinski definition) is 3. The van der Waals surface area contributed by atoms with Gasteiger partial charge in [0.15, 0.2) is 0 Å². The molecule has 21 heavy (non-hydrogen) atoms. The molecule has 0 radical (unpaired) electrons. The highest BCUT2D eigenvalue weighted by Gasteiger charge is 2.42. The van der Waals surface area contributed by atoms with Crippen molar-refractivity contribution in [3.8, 4) is 0 Å². The number of aliphatic carboxylic acids is 1. The number of carbonyl (C=O) groups is 2. The topological polar surface area (TPSA) is 69.6 Å². The van der Waals surface area contributed by atoms with E-state index >= 15 is 0 Å². The molecule has 0 aromatic carbocycles. The lowest BCUT2D eigenvalue weighted by atomic mass is 9.90. The second-order valence-corrected chi connectivity index (χ2v) is 6.70. The van der Waals surface area contributed by atoms with Crippen molar-refractivity contribution in [1.82, 2.24) is 10.2 Å². The molecule has 0 aromatic rings. The summed E-state index contributed by atoms with van der Waals surface area (Å²) in [7, 11) is 0. The number of carboxylic acids is 1. The number of rotatable bonds is 5. The lowest BCUT2D eigenvalue weighted by Crippen LogP contribution is -2.46. The number of allylic oxidation sites excluding steroid dienone is 2. The molecule has 5 heteroatoms. The molecular formula is C16H24N2O3. The molecule has 5 nitrogen and oxygen atoms in total. The van der Waals surface area contributed by atoms with Crippen molar-refractivity contribution in [3.05, 3.63) is 12.2 Å². The van der Waals surface area contributed by atoms with E-state index in [-0.39, 0.29) is 12.5 Å². The Labute approximate surface area is 125 Å². The van der Waals surface area contributed by atoms with Gasteiger partial charge in [0.25, 0.3) is 0 Å². The monoisotopic (exact) mass is 292 g/mol. The van der Waals surface area contributed by atoms with Gasteiger partial charge in [0.1, 0.15) is 0 Å². The first-order valence-corrected chi connectivity index (χ1v) is 8.03. The van der Waals surface area contributed by atoms with E-state index in [2.05, 4.69) is 17.5 Å². The lowest BCUT2D eigenvalue weighted by Gasteiger charge is -2.35. The van der Waals surface area contributed by atoms with Gasteiger partial charge in [0.05, 0.1) is 6.54 Å². The van der Waals surface area contributed by atoms with Crippen LogP contribution < -0.4 is 5.32 Å². The van der Waals surface area contributed by atoms with Gasteiger partial charge < -0.3 is 15.3 Å². The summed E-state index contributed by atoms with van der Waals surface area (Å²) in [4.78, 5) is 25.2. The number of carboxylic acid groups (broad SMARTS) is 1. The van der Waals surface area contributed by atoms with Gasteiger partial charge in [-0.05, 0) is 43.4 Å². The molecule has 3 rings (SSSR count). The Bertz CT molecular complexity index is 449. The highest BCUT2D eigenvalue weighted by Crippen LogP contribution is 2.44. The predicted molar refractivity (Wildman–Crippen MR) is 78.7 cm³/mol. The van der Waals surface area contributed by atoms with E-state index in [9.17, 15) is 9.59 Å². The molecule has 2 fully saturated rings. The third-order valence-corrected chi connectivity index (χ3v) is 5.14. The Morgan fingerprint density at radius 1 is 1.29 bits per heavy atom. The Balaban J connectivity index is 1.50. The second-order valence-electron chi connectivity index (χ2n) is 6.70. The van der Waals surface area contributed by atoms with Crippen LogP contribution in [0.5, 0.6) is 0 Å². The Morgan fingerprint density at radius 3 is 2.81 bits per heavy atom. The SMILES string of the molecule is O=C(O)CNCC1CCCN(C(=O)C2CC3C=CC2C3)C1. The molecule has 3 aliphatic rings. The molecule has 1 aliphatic heterocycles. The molecule has 4 atom stereocenters. The smallest absolute Gasteiger partial charge is 0.317 e. The van der Waals surface area contributed by atoms with Crippen molar-refractivity contribution in [2.45, 2.75) is 25.7 Å².